The maximum Gasteiger partial charge on any atom is 0.258 e. The van der Waals surface area contributed by atoms with Crippen LogP contribution >= 0.6 is 11.6 Å². The van der Waals surface area contributed by atoms with Crippen molar-refractivity contribution in [3.05, 3.63) is 124 Å². The van der Waals surface area contributed by atoms with Gasteiger partial charge in [0, 0.05) is 46.0 Å². The molecule has 0 radical (unpaired) electrons. The number of benzene rings is 4. The van der Waals surface area contributed by atoms with E-state index in [1.54, 1.807) is 6.07 Å². The Morgan fingerprint density at radius 2 is 1.70 bits per heavy atom. The minimum Gasteiger partial charge on any atom is -0.321 e. The summed E-state index contributed by atoms with van der Waals surface area (Å²) in [4.78, 5) is 16.5. The van der Waals surface area contributed by atoms with E-state index in [1.807, 2.05) is 47.1 Å². The number of nitrogens with zero attached hydrogens (tertiary/aromatic N) is 3. The Kier molecular flexibility index (Phi) is 5.98. The largest absolute Gasteiger partial charge is 0.321 e. The Labute approximate surface area is 235 Å². The number of H-pyrrole nitrogens is 1. The first-order valence-electron chi connectivity index (χ1n) is 13.4. The maximum atomic E-state index is 13.5. The van der Waals surface area contributed by atoms with Crippen molar-refractivity contribution in [1.29, 1.82) is 0 Å². The molecule has 1 atom stereocenters. The van der Waals surface area contributed by atoms with Crippen molar-refractivity contribution in [2.75, 3.05) is 0 Å². The Morgan fingerprint density at radius 3 is 2.50 bits per heavy atom. The van der Waals surface area contributed by atoms with Crippen LogP contribution in [0.5, 0.6) is 0 Å². The number of rotatable bonds is 5. The standard InChI is InChI=1S/C33H26ClN5O/c1-2-39-19-24-16-23(12-14-27(24)38-39)20-8-10-21(11-9-20)29-18-30(37-36-29)32-31(22-6-4-3-5-7-22)26-17-25(34)13-15-28(26)35-33(32)40/h3-17,19,29,36H,2,18H2,1H3,(H,35,40). The van der Waals surface area contributed by atoms with Gasteiger partial charge in [-0.15, -0.1) is 0 Å². The van der Waals surface area contributed by atoms with Gasteiger partial charge in [0.05, 0.1) is 22.8 Å². The fourth-order valence-electron chi connectivity index (χ4n) is 5.56. The molecule has 0 amide bonds. The summed E-state index contributed by atoms with van der Waals surface area (Å²) in [6.45, 7) is 2.94. The average molecular weight is 544 g/mol. The Bertz CT molecular complexity index is 1970. The quantitative estimate of drug-likeness (QED) is 0.239. The van der Waals surface area contributed by atoms with Gasteiger partial charge in [-0.2, -0.15) is 10.2 Å². The number of aryl methyl sites for hydroxylation is 1. The molecule has 6 nitrogen and oxygen atoms in total. The van der Waals surface area contributed by atoms with E-state index < -0.39 is 0 Å². The molecule has 0 saturated carbocycles. The van der Waals surface area contributed by atoms with E-state index in [1.165, 1.54) is 0 Å². The van der Waals surface area contributed by atoms with Gasteiger partial charge in [0.2, 0.25) is 0 Å². The first-order valence-corrected chi connectivity index (χ1v) is 13.8. The van der Waals surface area contributed by atoms with Gasteiger partial charge in [0.25, 0.3) is 5.56 Å². The van der Waals surface area contributed by atoms with Gasteiger partial charge < -0.3 is 10.4 Å². The number of fused-ring (bicyclic) bond motifs is 2. The van der Waals surface area contributed by atoms with Gasteiger partial charge in [-0.05, 0) is 59.5 Å². The van der Waals surface area contributed by atoms with Gasteiger partial charge in [-0.3, -0.25) is 9.48 Å². The highest BCUT2D eigenvalue weighted by Gasteiger charge is 2.27. The highest BCUT2D eigenvalue weighted by molar-refractivity contribution is 6.31. The van der Waals surface area contributed by atoms with E-state index in [4.69, 9.17) is 11.6 Å². The molecule has 0 fully saturated rings. The highest BCUT2D eigenvalue weighted by Crippen LogP contribution is 2.35. The fourth-order valence-corrected chi connectivity index (χ4v) is 5.73. The molecule has 196 valence electrons. The topological polar surface area (TPSA) is 75.1 Å². The van der Waals surface area contributed by atoms with E-state index in [2.05, 4.69) is 76.2 Å². The van der Waals surface area contributed by atoms with Gasteiger partial charge in [0.1, 0.15) is 0 Å². The lowest BCUT2D eigenvalue weighted by Gasteiger charge is -2.14. The van der Waals surface area contributed by atoms with Crippen molar-refractivity contribution in [1.82, 2.24) is 20.2 Å². The van der Waals surface area contributed by atoms with E-state index in [9.17, 15) is 4.79 Å². The molecule has 0 aliphatic carbocycles. The number of hydrogen-bond acceptors (Lipinski definition) is 4. The van der Waals surface area contributed by atoms with Crippen LogP contribution in [-0.2, 0) is 6.54 Å². The molecule has 3 heterocycles. The summed E-state index contributed by atoms with van der Waals surface area (Å²) >= 11 is 6.39. The van der Waals surface area contributed by atoms with Crippen LogP contribution in [0.25, 0.3) is 44.1 Å². The smallest absolute Gasteiger partial charge is 0.258 e. The Morgan fingerprint density at radius 1 is 0.900 bits per heavy atom. The zero-order valence-corrected chi connectivity index (χ0v) is 22.6. The molecular formula is C33H26ClN5O. The van der Waals surface area contributed by atoms with Crippen LogP contribution in [0.3, 0.4) is 0 Å². The van der Waals surface area contributed by atoms with Gasteiger partial charge in [0.15, 0.2) is 0 Å². The molecule has 0 saturated heterocycles. The lowest BCUT2D eigenvalue weighted by atomic mass is 9.91. The van der Waals surface area contributed by atoms with E-state index in [0.29, 0.717) is 17.0 Å². The monoisotopic (exact) mass is 543 g/mol. The minimum atomic E-state index is -0.160. The number of pyridine rings is 1. The SMILES string of the molecule is CCn1cc2cc(-c3ccc(C4CC(c5c(-c6ccccc6)c6cc(Cl)ccc6[nH]c5=O)=NN4)cc3)ccc2n1. The molecule has 0 spiro atoms. The summed E-state index contributed by atoms with van der Waals surface area (Å²) in [6.07, 6.45) is 2.68. The molecule has 2 N–H and O–H groups in total. The summed E-state index contributed by atoms with van der Waals surface area (Å²) in [5.74, 6) is 0. The van der Waals surface area contributed by atoms with Crippen molar-refractivity contribution < 1.29 is 0 Å². The molecule has 1 unspecified atom stereocenters. The summed E-state index contributed by atoms with van der Waals surface area (Å²) in [5.41, 5.74) is 11.4. The number of nitrogens with one attached hydrogen (secondary N) is 2. The number of aromatic amines is 1. The van der Waals surface area contributed by atoms with Crippen LogP contribution in [0.4, 0.5) is 0 Å². The maximum absolute atomic E-state index is 13.5. The van der Waals surface area contributed by atoms with Crippen molar-refractivity contribution in [2.45, 2.75) is 25.9 Å². The van der Waals surface area contributed by atoms with E-state index in [0.717, 1.165) is 61.9 Å². The van der Waals surface area contributed by atoms with Crippen LogP contribution in [0, 0.1) is 0 Å². The van der Waals surface area contributed by atoms with Crippen LogP contribution in [0.1, 0.15) is 30.5 Å². The zero-order valence-electron chi connectivity index (χ0n) is 21.9. The third-order valence-electron chi connectivity index (χ3n) is 7.60. The van der Waals surface area contributed by atoms with Crippen LogP contribution in [-0.4, -0.2) is 20.5 Å². The Balaban J connectivity index is 1.21. The predicted octanol–water partition coefficient (Wildman–Crippen LogP) is 7.32. The van der Waals surface area contributed by atoms with Crippen LogP contribution in [0.15, 0.2) is 107 Å². The lowest BCUT2D eigenvalue weighted by molar-refractivity contribution is 0.620. The second-order valence-electron chi connectivity index (χ2n) is 10.1. The van der Waals surface area contributed by atoms with Gasteiger partial charge in [-0.1, -0.05) is 72.3 Å². The highest BCUT2D eigenvalue weighted by atomic mass is 35.5. The van der Waals surface area contributed by atoms with Gasteiger partial charge in [-0.25, -0.2) is 0 Å². The summed E-state index contributed by atoms with van der Waals surface area (Å²) in [5, 5.41) is 11.9. The molecule has 6 aromatic rings. The molecule has 1 aliphatic rings. The van der Waals surface area contributed by atoms with Crippen molar-refractivity contribution in [2.24, 2.45) is 5.10 Å². The minimum absolute atomic E-state index is 0.0348. The first kappa shape index (κ1) is 24.4. The molecule has 0 bridgehead atoms. The fraction of sp³-hybridized carbons (Fsp3) is 0.121. The second kappa shape index (κ2) is 9.81. The van der Waals surface area contributed by atoms with Crippen molar-refractivity contribution in [3.8, 4) is 22.3 Å². The van der Waals surface area contributed by atoms with Crippen molar-refractivity contribution >= 4 is 39.1 Å². The molecule has 4 aromatic carbocycles. The van der Waals surface area contributed by atoms with Gasteiger partial charge >= 0.3 is 0 Å². The number of hydrogen-bond donors (Lipinski definition) is 2. The summed E-state index contributed by atoms with van der Waals surface area (Å²) in [6, 6.07) is 30.4. The molecule has 7 heteroatoms. The number of hydrazone groups is 1. The summed E-state index contributed by atoms with van der Waals surface area (Å²) < 4.78 is 1.96. The van der Waals surface area contributed by atoms with Crippen molar-refractivity contribution in [3.63, 3.8) is 0 Å². The molecule has 7 rings (SSSR count). The van der Waals surface area contributed by atoms with E-state index >= 15 is 0 Å². The molecule has 1 aliphatic heterocycles. The van der Waals surface area contributed by atoms with Crippen LogP contribution < -0.4 is 11.0 Å². The van der Waals surface area contributed by atoms with Crippen LogP contribution in [0.2, 0.25) is 5.02 Å². The normalized spacial score (nSPS) is 14.9. The third kappa shape index (κ3) is 4.27. The number of aromatic nitrogens is 3. The molecule has 40 heavy (non-hydrogen) atoms. The average Bonchev–Trinajstić information content (AvgIpc) is 3.64. The predicted molar refractivity (Wildman–Crippen MR) is 163 cm³/mol. The third-order valence-corrected chi connectivity index (χ3v) is 7.84. The zero-order chi connectivity index (χ0) is 27.2. The van der Waals surface area contributed by atoms with E-state index in [-0.39, 0.29) is 11.6 Å². The molecule has 2 aromatic heterocycles. The lowest BCUT2D eigenvalue weighted by Crippen LogP contribution is -2.20. The first-order chi connectivity index (χ1) is 19.6. The number of halogens is 1. The molecular weight excluding hydrogens is 518 g/mol. The Hall–Kier alpha value is -4.68. The second-order valence-corrected chi connectivity index (χ2v) is 10.5. The summed E-state index contributed by atoms with van der Waals surface area (Å²) in [7, 11) is 0.